The number of benzene rings is 1. The first-order chi connectivity index (χ1) is 12.9. The molecule has 2 fully saturated rings. The summed E-state index contributed by atoms with van der Waals surface area (Å²) in [5.41, 5.74) is -3.06. The van der Waals surface area contributed by atoms with Crippen LogP contribution in [0.1, 0.15) is 38.4 Å². The van der Waals surface area contributed by atoms with Gasteiger partial charge in [-0.05, 0) is 24.1 Å². The summed E-state index contributed by atoms with van der Waals surface area (Å²) in [5, 5.41) is 38.7. The Labute approximate surface area is 158 Å². The minimum Gasteiger partial charge on any atom is -0.497 e. The molecular weight excluding hydrogens is 344 g/mol. The molecule has 0 aliphatic carbocycles. The molecule has 7 heteroatoms. The van der Waals surface area contributed by atoms with Gasteiger partial charge in [-0.3, -0.25) is 5.41 Å². The third-order valence-corrected chi connectivity index (χ3v) is 5.71. The molecule has 0 saturated carbocycles. The van der Waals surface area contributed by atoms with E-state index < -0.39 is 28.6 Å². The third kappa shape index (κ3) is 2.17. The van der Waals surface area contributed by atoms with Crippen molar-refractivity contribution >= 4 is 5.90 Å². The normalized spacial score (nSPS) is 33.3. The maximum Gasteiger partial charge on any atom is 0.214 e. The number of rotatable bonds is 4. The van der Waals surface area contributed by atoms with E-state index in [0.717, 1.165) is 0 Å². The highest BCUT2D eigenvalue weighted by molar-refractivity contribution is 5.89. The van der Waals surface area contributed by atoms with Gasteiger partial charge in [0.2, 0.25) is 17.1 Å². The predicted molar refractivity (Wildman–Crippen MR) is 94.1 cm³/mol. The van der Waals surface area contributed by atoms with Crippen LogP contribution in [0.4, 0.5) is 0 Å². The molecule has 2 aliphatic rings. The number of methoxy groups -OCH3 is 1. The lowest BCUT2D eigenvalue weighted by atomic mass is 9.53. The second-order valence-corrected chi connectivity index (χ2v) is 7.01. The molecule has 2 heterocycles. The van der Waals surface area contributed by atoms with Crippen LogP contribution in [-0.2, 0) is 9.47 Å². The van der Waals surface area contributed by atoms with Crippen molar-refractivity contribution in [1.82, 2.24) is 0 Å². The second-order valence-electron chi connectivity index (χ2n) is 7.01. The summed E-state index contributed by atoms with van der Waals surface area (Å²) >= 11 is 0. The van der Waals surface area contributed by atoms with E-state index in [1.165, 1.54) is 7.11 Å². The molecule has 0 spiro atoms. The van der Waals surface area contributed by atoms with Gasteiger partial charge < -0.3 is 14.2 Å². The van der Waals surface area contributed by atoms with Crippen LogP contribution in [0.3, 0.4) is 0 Å². The summed E-state index contributed by atoms with van der Waals surface area (Å²) in [5.74, 6) is -1.61. The number of hydrogen-bond acceptors (Lipinski definition) is 7. The zero-order chi connectivity index (χ0) is 19.9. The molecule has 0 radical (unpaired) electrons. The van der Waals surface area contributed by atoms with Crippen molar-refractivity contribution in [3.05, 3.63) is 29.8 Å². The number of nitrogens with one attached hydrogen (secondary N) is 1. The highest BCUT2D eigenvalue weighted by Crippen LogP contribution is 2.67. The Balaban J connectivity index is 2.26. The van der Waals surface area contributed by atoms with Crippen molar-refractivity contribution in [3.8, 4) is 24.0 Å². The van der Waals surface area contributed by atoms with Crippen LogP contribution in [0.5, 0.6) is 5.75 Å². The van der Waals surface area contributed by atoms with Gasteiger partial charge in [0.1, 0.15) is 11.9 Å². The highest BCUT2D eigenvalue weighted by atomic mass is 16.7. The minimum atomic E-state index is -1.91. The van der Waals surface area contributed by atoms with Crippen molar-refractivity contribution < 1.29 is 14.2 Å². The monoisotopic (exact) mass is 364 g/mol. The first-order valence-electron chi connectivity index (χ1n) is 8.72. The van der Waals surface area contributed by atoms with E-state index in [4.69, 9.17) is 19.6 Å². The minimum absolute atomic E-state index is 0.370. The maximum absolute atomic E-state index is 10.1. The van der Waals surface area contributed by atoms with E-state index >= 15 is 0 Å². The van der Waals surface area contributed by atoms with Gasteiger partial charge >= 0.3 is 0 Å². The quantitative estimate of drug-likeness (QED) is 0.873. The molecule has 27 heavy (non-hydrogen) atoms. The molecule has 1 aromatic rings. The summed E-state index contributed by atoms with van der Waals surface area (Å²) in [4.78, 5) is 0. The Morgan fingerprint density at radius 1 is 1.15 bits per heavy atom. The Kier molecular flexibility index (Phi) is 4.34. The number of nitriles is 3. The number of ether oxygens (including phenoxy) is 3. The van der Waals surface area contributed by atoms with Gasteiger partial charge in [0, 0.05) is 6.92 Å². The highest BCUT2D eigenvalue weighted by Gasteiger charge is 2.78. The summed E-state index contributed by atoms with van der Waals surface area (Å²) in [6.45, 7) is 3.61. The topological polar surface area (TPSA) is 123 Å². The number of hydrogen-bond donors (Lipinski definition) is 1. The molecule has 0 amide bonds. The van der Waals surface area contributed by atoms with Crippen LogP contribution in [0.15, 0.2) is 24.3 Å². The molecule has 4 unspecified atom stereocenters. The van der Waals surface area contributed by atoms with Crippen LogP contribution >= 0.6 is 0 Å². The molecule has 2 aliphatic heterocycles. The molecule has 1 aromatic carbocycles. The van der Waals surface area contributed by atoms with Gasteiger partial charge in [-0.2, -0.15) is 15.8 Å². The molecule has 1 N–H and O–H groups in total. The molecule has 3 rings (SSSR count). The van der Waals surface area contributed by atoms with Crippen molar-refractivity contribution in [2.45, 2.75) is 38.6 Å². The van der Waals surface area contributed by atoms with Gasteiger partial charge in [-0.15, -0.1) is 0 Å². The summed E-state index contributed by atoms with van der Waals surface area (Å²) in [6, 6.07) is 13.0. The fraction of sp³-hybridized carbons (Fsp3) is 0.500. The molecule has 4 atom stereocenters. The van der Waals surface area contributed by atoms with Gasteiger partial charge in [0.15, 0.2) is 5.41 Å². The first-order valence-corrected chi connectivity index (χ1v) is 8.72. The van der Waals surface area contributed by atoms with E-state index in [-0.39, 0.29) is 5.90 Å². The van der Waals surface area contributed by atoms with Crippen LogP contribution in [0.2, 0.25) is 0 Å². The van der Waals surface area contributed by atoms with Crippen LogP contribution in [-0.4, -0.2) is 18.8 Å². The lowest BCUT2D eigenvalue weighted by molar-refractivity contribution is -0.273. The fourth-order valence-electron chi connectivity index (χ4n) is 4.39. The van der Waals surface area contributed by atoms with E-state index in [1.54, 1.807) is 31.2 Å². The lowest BCUT2D eigenvalue weighted by Gasteiger charge is -2.48. The van der Waals surface area contributed by atoms with Crippen molar-refractivity contribution in [2.75, 3.05) is 7.11 Å². The average Bonchev–Trinajstić information content (AvgIpc) is 2.85. The Hall–Kier alpha value is -3.08. The molecule has 138 valence electrons. The van der Waals surface area contributed by atoms with Crippen LogP contribution < -0.4 is 4.74 Å². The first kappa shape index (κ1) is 18.7. The molecular formula is C20H20N4O3. The third-order valence-electron chi connectivity index (χ3n) is 5.71. The zero-order valence-corrected chi connectivity index (χ0v) is 15.4. The van der Waals surface area contributed by atoms with Gasteiger partial charge in [0.05, 0.1) is 31.2 Å². The fourth-order valence-corrected chi connectivity index (χ4v) is 4.39. The summed E-state index contributed by atoms with van der Waals surface area (Å²) < 4.78 is 17.0. The SMILES string of the molecule is CCCC1C2(C)OC(=N)C1(C#N)C(C#N)(C#N)C(c1ccc(OC)cc1)O2. The van der Waals surface area contributed by atoms with Crippen LogP contribution in [0, 0.1) is 56.2 Å². The largest absolute Gasteiger partial charge is 0.497 e. The molecule has 0 aromatic heterocycles. The Morgan fingerprint density at radius 2 is 1.78 bits per heavy atom. The summed E-state index contributed by atoms with van der Waals surface area (Å²) in [6.07, 6.45) is 0.149. The number of fused-ring (bicyclic) bond motifs is 2. The number of nitrogens with zero attached hydrogens (tertiary/aromatic N) is 3. The van der Waals surface area contributed by atoms with E-state index in [1.807, 2.05) is 19.1 Å². The van der Waals surface area contributed by atoms with Gasteiger partial charge in [-0.1, -0.05) is 25.5 Å². The smallest absolute Gasteiger partial charge is 0.214 e. The zero-order valence-electron chi connectivity index (χ0n) is 15.4. The predicted octanol–water partition coefficient (Wildman–Crippen LogP) is 3.45. The molecule has 7 nitrogen and oxygen atoms in total. The Morgan fingerprint density at radius 3 is 2.26 bits per heavy atom. The second kappa shape index (κ2) is 6.27. The Bertz CT molecular complexity index is 878. The standard InChI is InChI=1S/C20H20N4O3/c1-4-5-15-18(2)26-16(13-6-8-14(25-3)9-7-13)19(10-21,11-22)20(15,12-23)17(24)27-18/h6-9,15-16,24H,4-5H2,1-3H3. The molecule has 2 saturated heterocycles. The van der Waals surface area contributed by atoms with Gasteiger partial charge in [0.25, 0.3) is 0 Å². The van der Waals surface area contributed by atoms with E-state index in [2.05, 4.69) is 6.07 Å². The maximum atomic E-state index is 10.1. The van der Waals surface area contributed by atoms with Crippen molar-refractivity contribution in [3.63, 3.8) is 0 Å². The summed E-state index contributed by atoms with van der Waals surface area (Å²) in [7, 11) is 1.54. The average molecular weight is 364 g/mol. The van der Waals surface area contributed by atoms with Gasteiger partial charge in [-0.25, -0.2) is 0 Å². The molecule has 2 bridgehead atoms. The van der Waals surface area contributed by atoms with E-state index in [9.17, 15) is 15.8 Å². The van der Waals surface area contributed by atoms with Crippen LogP contribution in [0.25, 0.3) is 0 Å². The van der Waals surface area contributed by atoms with Crippen molar-refractivity contribution in [2.24, 2.45) is 16.7 Å². The lowest BCUT2D eigenvalue weighted by Crippen LogP contribution is -2.58. The van der Waals surface area contributed by atoms with Crippen molar-refractivity contribution in [1.29, 1.82) is 21.2 Å². The van der Waals surface area contributed by atoms with E-state index in [0.29, 0.717) is 24.2 Å².